The SMILES string of the molecule is CCOC(=O)C(=O)c1ccc(Br)s1.CCOC(=O)C(=O)c1cccs1. The highest BCUT2D eigenvalue weighted by molar-refractivity contribution is 9.11. The number of carbonyl (C=O) groups is 4. The fourth-order valence-corrected chi connectivity index (χ4v) is 3.40. The number of halogens is 1. The van der Waals surface area contributed by atoms with E-state index in [0.717, 1.165) is 3.79 Å². The van der Waals surface area contributed by atoms with Crippen LogP contribution in [0, 0.1) is 0 Å². The van der Waals surface area contributed by atoms with Gasteiger partial charge in [0.25, 0.3) is 11.6 Å². The highest BCUT2D eigenvalue weighted by Gasteiger charge is 2.19. The summed E-state index contributed by atoms with van der Waals surface area (Å²) < 4.78 is 9.94. The largest absolute Gasteiger partial charge is 0.460 e. The summed E-state index contributed by atoms with van der Waals surface area (Å²) >= 11 is 5.65. The van der Waals surface area contributed by atoms with Gasteiger partial charge in [0, 0.05) is 0 Å². The quantitative estimate of drug-likeness (QED) is 0.381. The van der Waals surface area contributed by atoms with E-state index in [1.165, 1.54) is 22.7 Å². The summed E-state index contributed by atoms with van der Waals surface area (Å²) in [7, 11) is 0. The van der Waals surface area contributed by atoms with E-state index in [9.17, 15) is 19.2 Å². The second kappa shape index (κ2) is 10.9. The zero-order valence-corrected chi connectivity index (χ0v) is 16.7. The molecule has 25 heavy (non-hydrogen) atoms. The molecule has 0 saturated carbocycles. The smallest absolute Gasteiger partial charge is 0.380 e. The lowest BCUT2D eigenvalue weighted by atomic mass is 10.3. The van der Waals surface area contributed by atoms with Crippen LogP contribution in [0.4, 0.5) is 0 Å². The summed E-state index contributed by atoms with van der Waals surface area (Å²) in [6.07, 6.45) is 0. The van der Waals surface area contributed by atoms with Gasteiger partial charge in [0.05, 0.1) is 26.8 Å². The van der Waals surface area contributed by atoms with Crippen LogP contribution in [0.15, 0.2) is 33.4 Å². The van der Waals surface area contributed by atoms with Crippen LogP contribution in [0.1, 0.15) is 33.2 Å². The molecule has 0 fully saturated rings. The highest BCUT2D eigenvalue weighted by atomic mass is 79.9. The second-order valence-electron chi connectivity index (χ2n) is 4.18. The summed E-state index contributed by atoms with van der Waals surface area (Å²) in [5.41, 5.74) is 0. The lowest BCUT2D eigenvalue weighted by Crippen LogP contribution is -2.16. The molecular formula is C16H15BrO6S2. The van der Waals surface area contributed by atoms with Crippen molar-refractivity contribution in [3.05, 3.63) is 43.2 Å². The third-order valence-electron chi connectivity index (χ3n) is 2.46. The Hall–Kier alpha value is -1.84. The molecule has 0 spiro atoms. The molecule has 0 aliphatic heterocycles. The molecule has 2 aromatic rings. The predicted octanol–water partition coefficient (Wildman–Crippen LogP) is 3.75. The van der Waals surface area contributed by atoms with Crippen LogP contribution in [0.25, 0.3) is 0 Å². The Labute approximate surface area is 160 Å². The predicted molar refractivity (Wildman–Crippen MR) is 98.3 cm³/mol. The van der Waals surface area contributed by atoms with Gasteiger partial charge in [-0.05, 0) is 53.4 Å². The molecule has 0 atom stereocenters. The number of ether oxygens (including phenoxy) is 2. The Morgan fingerprint density at radius 2 is 1.48 bits per heavy atom. The van der Waals surface area contributed by atoms with Gasteiger partial charge in [0.15, 0.2) is 0 Å². The van der Waals surface area contributed by atoms with Gasteiger partial charge < -0.3 is 9.47 Å². The van der Waals surface area contributed by atoms with Gasteiger partial charge in [-0.15, -0.1) is 22.7 Å². The fourth-order valence-electron chi connectivity index (χ4n) is 1.44. The summed E-state index contributed by atoms with van der Waals surface area (Å²) in [6.45, 7) is 3.78. The summed E-state index contributed by atoms with van der Waals surface area (Å²) in [5.74, 6) is -2.72. The number of carbonyl (C=O) groups excluding carboxylic acids is 4. The minimum Gasteiger partial charge on any atom is -0.460 e. The number of Topliss-reactive ketones (excluding diaryl/α,β-unsaturated/α-hetero) is 2. The molecular weight excluding hydrogens is 432 g/mol. The van der Waals surface area contributed by atoms with E-state index < -0.39 is 23.5 Å². The van der Waals surface area contributed by atoms with Gasteiger partial charge in [0.1, 0.15) is 0 Å². The van der Waals surface area contributed by atoms with Gasteiger partial charge in [-0.25, -0.2) is 9.59 Å². The van der Waals surface area contributed by atoms with Crippen molar-refractivity contribution < 1.29 is 28.7 Å². The van der Waals surface area contributed by atoms with Crippen molar-refractivity contribution in [1.82, 2.24) is 0 Å². The van der Waals surface area contributed by atoms with Crippen LogP contribution in [-0.4, -0.2) is 36.7 Å². The monoisotopic (exact) mass is 446 g/mol. The summed E-state index contributed by atoms with van der Waals surface area (Å²) in [4.78, 5) is 45.1. The number of rotatable bonds is 6. The molecule has 9 heteroatoms. The molecule has 2 rings (SSSR count). The minimum absolute atomic E-state index is 0.219. The molecule has 0 bridgehead atoms. The number of esters is 2. The Bertz CT molecular complexity index is 736. The van der Waals surface area contributed by atoms with Crippen LogP contribution in [0.5, 0.6) is 0 Å². The molecule has 0 aliphatic rings. The summed E-state index contributed by atoms with van der Waals surface area (Å²) in [5, 5.41) is 1.74. The third kappa shape index (κ3) is 6.89. The third-order valence-corrected chi connectivity index (χ3v) is 4.95. The number of thiophene rings is 2. The normalized spacial score (nSPS) is 9.56. The first-order valence-electron chi connectivity index (χ1n) is 7.12. The van der Waals surface area contributed by atoms with E-state index in [2.05, 4.69) is 25.4 Å². The van der Waals surface area contributed by atoms with Crippen LogP contribution < -0.4 is 0 Å². The molecule has 0 N–H and O–H groups in total. The van der Waals surface area contributed by atoms with Gasteiger partial charge in [-0.3, -0.25) is 9.59 Å². The standard InChI is InChI=1S/C8H7BrO3S.C8H8O3S/c1-2-12-8(11)7(10)5-3-4-6(9)13-5;1-2-11-8(10)7(9)6-4-3-5-12-6/h3-4H,2H2,1H3;3-5H,2H2,1H3. The molecule has 0 radical (unpaired) electrons. The fraction of sp³-hybridized carbons (Fsp3) is 0.250. The van der Waals surface area contributed by atoms with Crippen molar-refractivity contribution in [2.75, 3.05) is 13.2 Å². The van der Waals surface area contributed by atoms with Crippen LogP contribution >= 0.6 is 38.6 Å². The molecule has 2 heterocycles. The maximum Gasteiger partial charge on any atom is 0.380 e. The van der Waals surface area contributed by atoms with Crippen molar-refractivity contribution in [1.29, 1.82) is 0 Å². The lowest BCUT2D eigenvalue weighted by molar-refractivity contribution is -0.138. The van der Waals surface area contributed by atoms with Gasteiger partial charge in [-0.2, -0.15) is 0 Å². The number of hydrogen-bond donors (Lipinski definition) is 0. The topological polar surface area (TPSA) is 86.7 Å². The molecule has 0 saturated heterocycles. The molecule has 0 aromatic carbocycles. The summed E-state index contributed by atoms with van der Waals surface area (Å²) in [6, 6.07) is 6.63. The first kappa shape index (κ1) is 21.2. The van der Waals surface area contributed by atoms with E-state index in [0.29, 0.717) is 9.75 Å². The Kier molecular flexibility index (Phi) is 9.25. The molecule has 134 valence electrons. The van der Waals surface area contributed by atoms with Crippen molar-refractivity contribution in [3.63, 3.8) is 0 Å². The Morgan fingerprint density at radius 1 is 0.920 bits per heavy atom. The van der Waals surface area contributed by atoms with Crippen molar-refractivity contribution in [2.24, 2.45) is 0 Å². The molecule has 6 nitrogen and oxygen atoms in total. The number of ketones is 2. The Morgan fingerprint density at radius 3 is 1.88 bits per heavy atom. The van der Waals surface area contributed by atoms with Crippen LogP contribution in [-0.2, 0) is 19.1 Å². The van der Waals surface area contributed by atoms with E-state index >= 15 is 0 Å². The van der Waals surface area contributed by atoms with E-state index in [1.807, 2.05) is 0 Å². The van der Waals surface area contributed by atoms with Gasteiger partial charge in [-0.1, -0.05) is 6.07 Å². The number of hydrogen-bond acceptors (Lipinski definition) is 8. The molecule has 0 unspecified atom stereocenters. The second-order valence-corrected chi connectivity index (χ2v) is 7.59. The first-order valence-corrected chi connectivity index (χ1v) is 9.61. The highest BCUT2D eigenvalue weighted by Crippen LogP contribution is 2.22. The zero-order chi connectivity index (χ0) is 18.8. The molecule has 2 aromatic heterocycles. The molecule has 0 aliphatic carbocycles. The Balaban J connectivity index is 0.000000251. The zero-order valence-electron chi connectivity index (χ0n) is 13.4. The average Bonchev–Trinajstić information content (AvgIpc) is 3.26. The van der Waals surface area contributed by atoms with E-state index in [1.54, 1.807) is 43.5 Å². The van der Waals surface area contributed by atoms with Crippen molar-refractivity contribution >= 4 is 62.1 Å². The minimum atomic E-state index is -0.795. The lowest BCUT2D eigenvalue weighted by Gasteiger charge is -1.96. The van der Waals surface area contributed by atoms with Crippen molar-refractivity contribution in [2.45, 2.75) is 13.8 Å². The van der Waals surface area contributed by atoms with E-state index in [4.69, 9.17) is 0 Å². The maximum absolute atomic E-state index is 11.3. The first-order chi connectivity index (χ1) is 11.9. The van der Waals surface area contributed by atoms with Crippen LogP contribution in [0.3, 0.4) is 0 Å². The van der Waals surface area contributed by atoms with E-state index in [-0.39, 0.29) is 13.2 Å². The van der Waals surface area contributed by atoms with Gasteiger partial charge in [0.2, 0.25) is 0 Å². The van der Waals surface area contributed by atoms with Crippen LogP contribution in [0.2, 0.25) is 0 Å². The average molecular weight is 447 g/mol. The maximum atomic E-state index is 11.3. The van der Waals surface area contributed by atoms with Gasteiger partial charge >= 0.3 is 11.9 Å². The van der Waals surface area contributed by atoms with Crippen molar-refractivity contribution in [3.8, 4) is 0 Å². The molecule has 0 amide bonds.